The van der Waals surface area contributed by atoms with Gasteiger partial charge in [0.25, 0.3) is 0 Å². The molecule has 25 heavy (non-hydrogen) atoms. The molecule has 3 nitrogen and oxygen atoms in total. The molecule has 0 spiro atoms. The maximum absolute atomic E-state index is 13.9. The summed E-state index contributed by atoms with van der Waals surface area (Å²) in [6.07, 6.45) is 1.75. The number of allylic oxidation sites excluding steroid dienone is 1. The Hall–Kier alpha value is -0.930. The van der Waals surface area contributed by atoms with Crippen molar-refractivity contribution in [2.75, 3.05) is 0 Å². The predicted molar refractivity (Wildman–Crippen MR) is 88.7 cm³/mol. The van der Waals surface area contributed by atoms with Gasteiger partial charge in [0.1, 0.15) is 6.61 Å². The van der Waals surface area contributed by atoms with E-state index in [9.17, 15) is 22.4 Å². The lowest BCUT2D eigenvalue weighted by molar-refractivity contribution is -0.147. The fourth-order valence-electron chi connectivity index (χ4n) is 2.80. The second kappa shape index (κ2) is 7.36. The molecule has 1 fully saturated rings. The summed E-state index contributed by atoms with van der Waals surface area (Å²) in [7, 11) is 0. The van der Waals surface area contributed by atoms with Crippen LogP contribution < -0.4 is 0 Å². The molecule has 0 radical (unpaired) electrons. The van der Waals surface area contributed by atoms with E-state index >= 15 is 0 Å². The summed E-state index contributed by atoms with van der Waals surface area (Å²) < 4.78 is 60.5. The smallest absolute Gasteiger partial charge is 0.310 e. The van der Waals surface area contributed by atoms with Crippen LogP contribution in [-0.4, -0.2) is 11.1 Å². The van der Waals surface area contributed by atoms with Crippen LogP contribution in [0.5, 0.6) is 0 Å². The predicted octanol–water partition coefficient (Wildman–Crippen LogP) is 4.68. The zero-order chi connectivity index (χ0) is 19.1. The van der Waals surface area contributed by atoms with Gasteiger partial charge in [0.05, 0.1) is 27.0 Å². The minimum Gasteiger partial charge on any atom is -0.460 e. The molecule has 0 aromatic heterocycles. The van der Waals surface area contributed by atoms with Gasteiger partial charge >= 0.3 is 5.97 Å². The first-order chi connectivity index (χ1) is 11.5. The van der Waals surface area contributed by atoms with Crippen LogP contribution in [0, 0.1) is 40.5 Å². The number of rotatable bonds is 5. The van der Waals surface area contributed by atoms with Crippen LogP contribution in [0.2, 0.25) is 0 Å². The van der Waals surface area contributed by atoms with Crippen molar-refractivity contribution in [1.29, 1.82) is 0 Å². The summed E-state index contributed by atoms with van der Waals surface area (Å²) in [4.78, 5) is 12.1. The van der Waals surface area contributed by atoms with Crippen molar-refractivity contribution in [3.8, 4) is 0 Å². The number of esters is 1. The van der Waals surface area contributed by atoms with Gasteiger partial charge in [-0.2, -0.15) is 0 Å². The van der Waals surface area contributed by atoms with Gasteiger partial charge in [-0.15, -0.1) is 0 Å². The maximum Gasteiger partial charge on any atom is 0.310 e. The number of benzene rings is 1. The number of aliphatic hydroxyl groups is 1. The highest BCUT2D eigenvalue weighted by molar-refractivity contribution is 9.28. The third-order valence-corrected chi connectivity index (χ3v) is 4.96. The largest absolute Gasteiger partial charge is 0.460 e. The Morgan fingerprint density at radius 1 is 1.12 bits per heavy atom. The molecular formula is C16H14Br2F4O3. The summed E-state index contributed by atoms with van der Waals surface area (Å²) in [6, 6.07) is 0. The van der Waals surface area contributed by atoms with Crippen molar-refractivity contribution < 1.29 is 32.2 Å². The third-order valence-electron chi connectivity index (χ3n) is 4.43. The Labute approximate surface area is 158 Å². The lowest BCUT2D eigenvalue weighted by Gasteiger charge is -2.11. The summed E-state index contributed by atoms with van der Waals surface area (Å²) in [5.74, 6) is -8.22. The summed E-state index contributed by atoms with van der Waals surface area (Å²) in [6.45, 7) is 1.49. The monoisotopic (exact) mass is 488 g/mol. The highest BCUT2D eigenvalue weighted by atomic mass is 79.9. The van der Waals surface area contributed by atoms with E-state index in [2.05, 4.69) is 31.9 Å². The quantitative estimate of drug-likeness (QED) is 0.371. The standard InChI is InChI=1S/C16H14Br2F4O3/c1-16(2)8(3-9(17)18)10(16)15(24)25-5-7-13(21)11(19)6(4-23)12(20)14(7)22/h3,8,10,23H,4-5H2,1-2H3/t8-,10-/m0/s1. The Morgan fingerprint density at radius 3 is 2.04 bits per heavy atom. The fraction of sp³-hybridized carbons (Fsp3) is 0.438. The summed E-state index contributed by atoms with van der Waals surface area (Å²) in [5, 5.41) is 8.79. The topological polar surface area (TPSA) is 46.5 Å². The van der Waals surface area contributed by atoms with E-state index in [1.807, 2.05) is 13.8 Å². The van der Waals surface area contributed by atoms with Crippen LogP contribution in [0.1, 0.15) is 25.0 Å². The van der Waals surface area contributed by atoms with Crippen molar-refractivity contribution in [2.45, 2.75) is 27.1 Å². The molecule has 2 rings (SSSR count). The first-order valence-corrected chi connectivity index (χ1v) is 8.76. The number of carbonyl (C=O) groups excluding carboxylic acids is 1. The maximum atomic E-state index is 13.9. The number of hydrogen-bond donors (Lipinski definition) is 1. The fourth-order valence-corrected chi connectivity index (χ4v) is 3.37. The van der Waals surface area contributed by atoms with Crippen molar-refractivity contribution in [2.24, 2.45) is 17.3 Å². The van der Waals surface area contributed by atoms with Gasteiger partial charge in [0.15, 0.2) is 23.3 Å². The molecule has 0 unspecified atom stereocenters. The van der Waals surface area contributed by atoms with E-state index in [0.29, 0.717) is 3.39 Å². The average Bonchev–Trinajstić information content (AvgIpc) is 3.05. The first kappa shape index (κ1) is 20.4. The van der Waals surface area contributed by atoms with Crippen molar-refractivity contribution in [3.63, 3.8) is 0 Å². The van der Waals surface area contributed by atoms with E-state index in [1.54, 1.807) is 6.08 Å². The molecule has 1 aliphatic carbocycles. The molecule has 1 aliphatic rings. The normalized spacial score (nSPS) is 21.0. The van der Waals surface area contributed by atoms with Gasteiger partial charge in [-0.05, 0) is 43.2 Å². The van der Waals surface area contributed by atoms with Crippen LogP contribution in [0.3, 0.4) is 0 Å². The zero-order valence-corrected chi connectivity index (χ0v) is 16.3. The van der Waals surface area contributed by atoms with Gasteiger partial charge in [0, 0.05) is 0 Å². The lowest BCUT2D eigenvalue weighted by Crippen LogP contribution is -2.14. The molecule has 2 atom stereocenters. The second-order valence-electron chi connectivity index (χ2n) is 6.26. The molecule has 1 N–H and O–H groups in total. The zero-order valence-electron chi connectivity index (χ0n) is 13.2. The number of aliphatic hydroxyl groups excluding tert-OH is 1. The van der Waals surface area contributed by atoms with Crippen LogP contribution in [-0.2, 0) is 22.7 Å². The van der Waals surface area contributed by atoms with Gasteiger partial charge in [-0.25, -0.2) is 17.6 Å². The van der Waals surface area contributed by atoms with Gasteiger partial charge < -0.3 is 9.84 Å². The Balaban J connectivity index is 2.18. The number of halogens is 6. The van der Waals surface area contributed by atoms with Gasteiger partial charge in [-0.3, -0.25) is 4.79 Å². The van der Waals surface area contributed by atoms with E-state index < -0.39 is 64.9 Å². The molecule has 0 saturated heterocycles. The van der Waals surface area contributed by atoms with Crippen LogP contribution in [0.4, 0.5) is 17.6 Å². The number of carbonyl (C=O) groups is 1. The minimum atomic E-state index is -1.71. The second-order valence-corrected chi connectivity index (χ2v) is 9.03. The highest BCUT2D eigenvalue weighted by Crippen LogP contribution is 2.60. The summed E-state index contributed by atoms with van der Waals surface area (Å²) >= 11 is 6.38. The molecule has 1 aromatic carbocycles. The SMILES string of the molecule is CC1(C)[C@H](C(=O)OCc2c(F)c(F)c(CO)c(F)c2F)[C@@H]1C=C(Br)Br. The lowest BCUT2D eigenvalue weighted by atomic mass is 10.1. The van der Waals surface area contributed by atoms with Crippen LogP contribution >= 0.6 is 31.9 Å². The Kier molecular flexibility index (Phi) is 6.00. The molecule has 9 heteroatoms. The van der Waals surface area contributed by atoms with Crippen molar-refractivity contribution in [3.05, 3.63) is 43.9 Å². The molecular weight excluding hydrogens is 476 g/mol. The number of hydrogen-bond acceptors (Lipinski definition) is 3. The first-order valence-electron chi connectivity index (χ1n) is 7.18. The van der Waals surface area contributed by atoms with Crippen LogP contribution in [0.25, 0.3) is 0 Å². The molecule has 1 aromatic rings. The molecule has 138 valence electrons. The van der Waals surface area contributed by atoms with Gasteiger partial charge in [-0.1, -0.05) is 19.9 Å². The molecule has 1 saturated carbocycles. The molecule has 0 aliphatic heterocycles. The van der Waals surface area contributed by atoms with E-state index in [-0.39, 0.29) is 5.92 Å². The number of ether oxygens (including phenoxy) is 1. The third kappa shape index (κ3) is 3.78. The Morgan fingerprint density at radius 2 is 1.60 bits per heavy atom. The average molecular weight is 490 g/mol. The highest BCUT2D eigenvalue weighted by Gasteiger charge is 2.61. The van der Waals surface area contributed by atoms with Gasteiger partial charge in [0.2, 0.25) is 0 Å². The summed E-state index contributed by atoms with van der Waals surface area (Å²) in [5.41, 5.74) is -2.56. The van der Waals surface area contributed by atoms with E-state index in [1.165, 1.54) is 0 Å². The van der Waals surface area contributed by atoms with E-state index in [4.69, 9.17) is 9.84 Å². The molecule has 0 amide bonds. The molecule has 0 bridgehead atoms. The van der Waals surface area contributed by atoms with Crippen molar-refractivity contribution >= 4 is 37.8 Å². The Bertz CT molecular complexity index is 716. The minimum absolute atomic E-state index is 0.159. The van der Waals surface area contributed by atoms with E-state index in [0.717, 1.165) is 0 Å². The van der Waals surface area contributed by atoms with Crippen molar-refractivity contribution in [1.82, 2.24) is 0 Å². The van der Waals surface area contributed by atoms with Crippen LogP contribution in [0.15, 0.2) is 9.47 Å². The molecule has 0 heterocycles.